The van der Waals surface area contributed by atoms with E-state index in [1.165, 1.54) is 76.5 Å². The van der Waals surface area contributed by atoms with Crippen molar-refractivity contribution in [3.05, 3.63) is 169 Å². The molecule has 0 radical (unpaired) electrons. The van der Waals surface area contributed by atoms with E-state index in [-0.39, 0.29) is 0 Å². The van der Waals surface area contributed by atoms with Gasteiger partial charge in [-0.1, -0.05) is 152 Å². The third-order valence-electron chi connectivity index (χ3n) is 8.55. The lowest BCUT2D eigenvalue weighted by Gasteiger charge is -2.19. The van der Waals surface area contributed by atoms with Crippen LogP contribution in [0.4, 0.5) is 0 Å². The molecule has 8 aromatic carbocycles. The normalized spacial score (nSPS) is 11.5. The Morgan fingerprint density at radius 3 is 1.61 bits per heavy atom. The molecule has 0 fully saturated rings. The van der Waals surface area contributed by atoms with Crippen molar-refractivity contribution in [1.82, 2.24) is 0 Å². The number of rotatable bonds is 4. The van der Waals surface area contributed by atoms with Crippen LogP contribution in [0.3, 0.4) is 0 Å². The van der Waals surface area contributed by atoms with E-state index < -0.39 is 0 Å². The van der Waals surface area contributed by atoms with Gasteiger partial charge in [0.25, 0.3) is 0 Å². The summed E-state index contributed by atoms with van der Waals surface area (Å²) in [6.07, 6.45) is 0.870. The molecule has 0 amide bonds. The van der Waals surface area contributed by atoms with Crippen molar-refractivity contribution >= 4 is 43.1 Å². The Labute approximate surface area is 240 Å². The minimum atomic E-state index is 0.870. The van der Waals surface area contributed by atoms with Gasteiger partial charge in [0, 0.05) is 0 Å². The summed E-state index contributed by atoms with van der Waals surface area (Å²) in [4.78, 5) is 0. The molecule has 0 aliphatic carbocycles. The Hall–Kier alpha value is -5.20. The van der Waals surface area contributed by atoms with Gasteiger partial charge in [-0.3, -0.25) is 0 Å². The number of fused-ring (bicyclic) bond motifs is 5. The third-order valence-corrected chi connectivity index (χ3v) is 8.55. The molecule has 0 aliphatic rings. The SMILES string of the molecule is c1ccc(-c2ccccc2Cc2c3ccccc3c(-c3ccc4ccc5ccccc5c4c3)c3ccccc23)cc1. The lowest BCUT2D eigenvalue weighted by atomic mass is 9.84. The smallest absolute Gasteiger partial charge is 0.000728 e. The van der Waals surface area contributed by atoms with Gasteiger partial charge in [-0.15, -0.1) is 0 Å². The summed E-state index contributed by atoms with van der Waals surface area (Å²) in [5.74, 6) is 0. The van der Waals surface area contributed by atoms with Gasteiger partial charge in [0.05, 0.1) is 0 Å². The summed E-state index contributed by atoms with van der Waals surface area (Å²) in [5, 5.41) is 10.4. The van der Waals surface area contributed by atoms with Crippen LogP contribution >= 0.6 is 0 Å². The fourth-order valence-corrected chi connectivity index (χ4v) is 6.64. The summed E-state index contributed by atoms with van der Waals surface area (Å²) in [6, 6.07) is 57.7. The van der Waals surface area contributed by atoms with Crippen LogP contribution in [0.25, 0.3) is 65.3 Å². The molecule has 0 heteroatoms. The zero-order valence-electron chi connectivity index (χ0n) is 22.7. The van der Waals surface area contributed by atoms with Crippen LogP contribution in [0, 0.1) is 0 Å². The standard InChI is InChI=1S/C41H28/c1-2-12-28(13-3-1)33-16-6-5-15-31(33)26-40-35-18-8-10-20-37(35)41(38-21-11-9-19-36(38)40)32-25-24-30-23-22-29-14-4-7-17-34(29)39(30)27-32/h1-25,27H,26H2. The molecule has 0 heterocycles. The zero-order chi connectivity index (χ0) is 27.2. The van der Waals surface area contributed by atoms with Gasteiger partial charge in [0.2, 0.25) is 0 Å². The van der Waals surface area contributed by atoms with Crippen LogP contribution in [0.2, 0.25) is 0 Å². The van der Waals surface area contributed by atoms with Crippen LogP contribution in [0.5, 0.6) is 0 Å². The Morgan fingerprint density at radius 2 is 0.878 bits per heavy atom. The predicted octanol–water partition coefficient (Wildman–Crippen LogP) is 11.2. The van der Waals surface area contributed by atoms with E-state index in [2.05, 4.69) is 158 Å². The maximum atomic E-state index is 2.40. The largest absolute Gasteiger partial charge is 0.0622 e. The Balaban J connectivity index is 1.39. The van der Waals surface area contributed by atoms with E-state index in [0.717, 1.165) is 6.42 Å². The predicted molar refractivity (Wildman–Crippen MR) is 177 cm³/mol. The summed E-state index contributed by atoms with van der Waals surface area (Å²) in [5.41, 5.74) is 7.86. The van der Waals surface area contributed by atoms with E-state index in [1.54, 1.807) is 0 Å². The second-order valence-electron chi connectivity index (χ2n) is 10.9. The molecule has 0 unspecified atom stereocenters. The molecule has 192 valence electrons. The van der Waals surface area contributed by atoms with E-state index in [4.69, 9.17) is 0 Å². The highest BCUT2D eigenvalue weighted by Crippen LogP contribution is 2.42. The van der Waals surface area contributed by atoms with Crippen LogP contribution in [-0.4, -0.2) is 0 Å². The van der Waals surface area contributed by atoms with Gasteiger partial charge >= 0.3 is 0 Å². The highest BCUT2D eigenvalue weighted by molar-refractivity contribution is 6.17. The highest BCUT2D eigenvalue weighted by Gasteiger charge is 2.17. The molecule has 41 heavy (non-hydrogen) atoms. The first-order valence-corrected chi connectivity index (χ1v) is 14.3. The molecular formula is C41H28. The maximum Gasteiger partial charge on any atom is -0.000728 e. The average Bonchev–Trinajstić information content (AvgIpc) is 3.05. The van der Waals surface area contributed by atoms with Crippen molar-refractivity contribution in [2.75, 3.05) is 0 Å². The van der Waals surface area contributed by atoms with Gasteiger partial charge in [-0.2, -0.15) is 0 Å². The van der Waals surface area contributed by atoms with Crippen molar-refractivity contribution in [3.63, 3.8) is 0 Å². The minimum Gasteiger partial charge on any atom is -0.0622 e. The first kappa shape index (κ1) is 23.7. The molecule has 8 rings (SSSR count). The molecule has 0 aromatic heterocycles. The molecule has 0 bridgehead atoms. The summed E-state index contributed by atoms with van der Waals surface area (Å²) in [7, 11) is 0. The molecule has 0 aliphatic heterocycles. The second-order valence-corrected chi connectivity index (χ2v) is 10.9. The van der Waals surface area contributed by atoms with Gasteiger partial charge in [0.15, 0.2) is 0 Å². The van der Waals surface area contributed by atoms with E-state index in [1.807, 2.05) is 0 Å². The average molecular weight is 521 g/mol. The zero-order valence-corrected chi connectivity index (χ0v) is 22.7. The quantitative estimate of drug-likeness (QED) is 0.160. The maximum absolute atomic E-state index is 2.40. The van der Waals surface area contributed by atoms with Gasteiger partial charge < -0.3 is 0 Å². The van der Waals surface area contributed by atoms with E-state index in [9.17, 15) is 0 Å². The monoisotopic (exact) mass is 520 g/mol. The fraction of sp³-hybridized carbons (Fsp3) is 0.0244. The van der Waals surface area contributed by atoms with Crippen molar-refractivity contribution in [2.45, 2.75) is 6.42 Å². The summed E-state index contributed by atoms with van der Waals surface area (Å²) in [6.45, 7) is 0. The van der Waals surface area contributed by atoms with E-state index in [0.29, 0.717) is 0 Å². The lowest BCUT2D eigenvalue weighted by Crippen LogP contribution is -1.97. The molecule has 0 N–H and O–H groups in total. The molecule has 0 saturated heterocycles. The van der Waals surface area contributed by atoms with Crippen molar-refractivity contribution in [1.29, 1.82) is 0 Å². The Bertz CT molecular complexity index is 2160. The van der Waals surface area contributed by atoms with Crippen molar-refractivity contribution in [2.24, 2.45) is 0 Å². The Kier molecular flexibility index (Phi) is 5.64. The molecule has 8 aromatic rings. The number of hydrogen-bond donors (Lipinski definition) is 0. The number of benzene rings is 8. The molecular weight excluding hydrogens is 492 g/mol. The second kappa shape index (κ2) is 9.77. The fourth-order valence-electron chi connectivity index (χ4n) is 6.64. The van der Waals surface area contributed by atoms with Crippen LogP contribution in [-0.2, 0) is 6.42 Å². The van der Waals surface area contributed by atoms with Gasteiger partial charge in [-0.25, -0.2) is 0 Å². The molecule has 0 atom stereocenters. The van der Waals surface area contributed by atoms with Crippen LogP contribution in [0.15, 0.2) is 158 Å². The molecule has 0 nitrogen and oxygen atoms in total. The number of hydrogen-bond acceptors (Lipinski definition) is 0. The van der Waals surface area contributed by atoms with Crippen LogP contribution in [0.1, 0.15) is 11.1 Å². The van der Waals surface area contributed by atoms with E-state index >= 15 is 0 Å². The summed E-state index contributed by atoms with van der Waals surface area (Å²) < 4.78 is 0. The minimum absolute atomic E-state index is 0.870. The first-order chi connectivity index (χ1) is 20.3. The topological polar surface area (TPSA) is 0 Å². The van der Waals surface area contributed by atoms with Gasteiger partial charge in [-0.05, 0) is 89.0 Å². The first-order valence-electron chi connectivity index (χ1n) is 14.3. The van der Waals surface area contributed by atoms with Gasteiger partial charge in [0.1, 0.15) is 0 Å². The summed E-state index contributed by atoms with van der Waals surface area (Å²) >= 11 is 0. The van der Waals surface area contributed by atoms with Crippen LogP contribution < -0.4 is 0 Å². The van der Waals surface area contributed by atoms with Crippen molar-refractivity contribution < 1.29 is 0 Å². The Morgan fingerprint density at radius 1 is 0.341 bits per heavy atom. The molecule has 0 saturated carbocycles. The third kappa shape index (κ3) is 4.00. The highest BCUT2D eigenvalue weighted by atomic mass is 14.2. The lowest BCUT2D eigenvalue weighted by molar-refractivity contribution is 1.23. The van der Waals surface area contributed by atoms with Crippen molar-refractivity contribution in [3.8, 4) is 22.3 Å². The molecule has 0 spiro atoms.